The Morgan fingerprint density at radius 2 is 1.56 bits per heavy atom. The molecule has 0 unspecified atom stereocenters. The molecule has 4 rings (SSSR count). The zero-order valence-corrected chi connectivity index (χ0v) is 19.1. The zero-order chi connectivity index (χ0) is 24.4. The average Bonchev–Trinajstić information content (AvgIpc) is 2.77. The maximum atomic E-state index is 13.7. The van der Waals surface area contributed by atoms with Gasteiger partial charge in [0.15, 0.2) is 5.75 Å². The molecule has 34 heavy (non-hydrogen) atoms. The van der Waals surface area contributed by atoms with Gasteiger partial charge in [0.05, 0.1) is 10.0 Å². The van der Waals surface area contributed by atoms with E-state index in [9.17, 15) is 18.4 Å². The molecule has 1 aromatic heterocycles. The van der Waals surface area contributed by atoms with Gasteiger partial charge >= 0.3 is 6.03 Å². The summed E-state index contributed by atoms with van der Waals surface area (Å²) < 4.78 is 33.2. The van der Waals surface area contributed by atoms with Gasteiger partial charge in [0.25, 0.3) is 5.91 Å². The number of halogens is 5. The van der Waals surface area contributed by atoms with Gasteiger partial charge in [-0.15, -0.1) is 0 Å². The van der Waals surface area contributed by atoms with Crippen LogP contribution in [0.15, 0.2) is 60.8 Å². The monoisotopic (exact) mass is 521 g/mol. The van der Waals surface area contributed by atoms with Gasteiger partial charge in [-0.05, 0) is 30.3 Å². The molecular formula is C23H12Cl3F2N3O3. The van der Waals surface area contributed by atoms with Gasteiger partial charge in [0.1, 0.15) is 17.1 Å². The van der Waals surface area contributed by atoms with Crippen molar-refractivity contribution in [2.24, 2.45) is 0 Å². The molecule has 3 aromatic carbocycles. The SMILES string of the molecule is O=C(NC(=O)c1c(F)ccnc1F)Nc1cc(Cl)c(Oc2ccc(Cl)c3ccccc23)c(Cl)c1. The molecule has 4 aromatic rings. The highest BCUT2D eigenvalue weighted by atomic mass is 35.5. The molecule has 2 N–H and O–H groups in total. The minimum Gasteiger partial charge on any atom is -0.454 e. The number of amides is 3. The second-order valence-corrected chi connectivity index (χ2v) is 8.05. The van der Waals surface area contributed by atoms with Crippen molar-refractivity contribution in [2.75, 3.05) is 5.32 Å². The first kappa shape index (κ1) is 23.7. The number of ether oxygens (including phenoxy) is 1. The van der Waals surface area contributed by atoms with Crippen molar-refractivity contribution in [3.63, 3.8) is 0 Å². The number of carbonyl (C=O) groups excluding carboxylic acids is 2. The maximum Gasteiger partial charge on any atom is 0.326 e. The minimum atomic E-state index is -1.35. The Morgan fingerprint density at radius 1 is 0.882 bits per heavy atom. The highest BCUT2D eigenvalue weighted by Gasteiger charge is 2.21. The lowest BCUT2D eigenvalue weighted by molar-refractivity contribution is 0.0958. The molecule has 3 amide bonds. The van der Waals surface area contributed by atoms with Crippen molar-refractivity contribution in [3.8, 4) is 11.5 Å². The summed E-state index contributed by atoms with van der Waals surface area (Å²) in [5.74, 6) is -3.26. The third kappa shape index (κ3) is 4.89. The van der Waals surface area contributed by atoms with E-state index >= 15 is 0 Å². The topological polar surface area (TPSA) is 80.3 Å². The highest BCUT2D eigenvalue weighted by Crippen LogP contribution is 2.41. The summed E-state index contributed by atoms with van der Waals surface area (Å²) in [6, 6.07) is 13.0. The van der Waals surface area contributed by atoms with E-state index < -0.39 is 29.3 Å². The lowest BCUT2D eigenvalue weighted by Gasteiger charge is -2.14. The van der Waals surface area contributed by atoms with Crippen LogP contribution in [0.25, 0.3) is 10.8 Å². The fourth-order valence-corrected chi connectivity index (χ4v) is 3.90. The largest absolute Gasteiger partial charge is 0.454 e. The number of aromatic nitrogens is 1. The van der Waals surface area contributed by atoms with E-state index in [-0.39, 0.29) is 21.5 Å². The third-order valence-corrected chi connectivity index (χ3v) is 5.50. The molecule has 0 spiro atoms. The van der Waals surface area contributed by atoms with Crippen LogP contribution in [-0.2, 0) is 0 Å². The van der Waals surface area contributed by atoms with Crippen molar-refractivity contribution in [1.29, 1.82) is 0 Å². The van der Waals surface area contributed by atoms with E-state index in [1.54, 1.807) is 17.4 Å². The fourth-order valence-electron chi connectivity index (χ4n) is 3.11. The molecule has 0 bridgehead atoms. The van der Waals surface area contributed by atoms with Crippen molar-refractivity contribution in [3.05, 3.63) is 93.2 Å². The molecule has 0 saturated heterocycles. The predicted octanol–water partition coefficient (Wildman–Crippen LogP) is 7.23. The summed E-state index contributed by atoms with van der Waals surface area (Å²) in [4.78, 5) is 27.4. The van der Waals surface area contributed by atoms with Gasteiger partial charge in [0.2, 0.25) is 5.95 Å². The number of benzene rings is 3. The fraction of sp³-hybridized carbons (Fsp3) is 0. The lowest BCUT2D eigenvalue weighted by atomic mass is 10.1. The smallest absolute Gasteiger partial charge is 0.326 e. The molecule has 1 heterocycles. The molecule has 0 radical (unpaired) electrons. The molecule has 6 nitrogen and oxygen atoms in total. The number of urea groups is 1. The van der Waals surface area contributed by atoms with Crippen LogP contribution in [0.1, 0.15) is 10.4 Å². The van der Waals surface area contributed by atoms with Gasteiger partial charge in [-0.1, -0.05) is 59.1 Å². The highest BCUT2D eigenvalue weighted by molar-refractivity contribution is 6.38. The quantitative estimate of drug-likeness (QED) is 0.277. The van der Waals surface area contributed by atoms with Crippen LogP contribution in [0.4, 0.5) is 19.3 Å². The van der Waals surface area contributed by atoms with Crippen LogP contribution >= 0.6 is 34.8 Å². The average molecular weight is 523 g/mol. The summed E-state index contributed by atoms with van der Waals surface area (Å²) in [5, 5.41) is 6.28. The van der Waals surface area contributed by atoms with Crippen LogP contribution in [0.2, 0.25) is 15.1 Å². The Bertz CT molecular complexity index is 1410. The van der Waals surface area contributed by atoms with Crippen molar-refractivity contribution in [1.82, 2.24) is 10.3 Å². The van der Waals surface area contributed by atoms with E-state index in [2.05, 4.69) is 10.3 Å². The van der Waals surface area contributed by atoms with Crippen molar-refractivity contribution < 1.29 is 23.1 Å². The Labute approximate surface area is 206 Å². The van der Waals surface area contributed by atoms with Gasteiger partial charge in [-0.2, -0.15) is 4.39 Å². The number of hydrogen-bond acceptors (Lipinski definition) is 4. The number of pyridine rings is 1. The molecule has 0 saturated carbocycles. The number of anilines is 1. The number of hydrogen-bond donors (Lipinski definition) is 2. The van der Waals surface area contributed by atoms with E-state index in [4.69, 9.17) is 39.5 Å². The predicted molar refractivity (Wildman–Crippen MR) is 126 cm³/mol. The third-order valence-electron chi connectivity index (χ3n) is 4.61. The number of rotatable bonds is 4. The number of imide groups is 1. The van der Waals surface area contributed by atoms with Crippen LogP contribution < -0.4 is 15.4 Å². The minimum absolute atomic E-state index is 0.0532. The number of fused-ring (bicyclic) bond motifs is 1. The molecule has 0 aliphatic heterocycles. The van der Waals surface area contributed by atoms with Crippen LogP contribution in [-0.4, -0.2) is 16.9 Å². The van der Waals surface area contributed by atoms with Crippen molar-refractivity contribution >= 4 is 63.2 Å². The van der Waals surface area contributed by atoms with E-state index in [0.717, 1.165) is 23.0 Å². The first-order valence-electron chi connectivity index (χ1n) is 9.51. The first-order chi connectivity index (χ1) is 16.2. The Hall–Kier alpha value is -3.46. The molecular weight excluding hydrogens is 511 g/mol. The van der Waals surface area contributed by atoms with Gasteiger partial charge in [-0.25, -0.2) is 14.2 Å². The maximum absolute atomic E-state index is 13.7. The van der Waals surface area contributed by atoms with Crippen LogP contribution in [0.5, 0.6) is 11.5 Å². The number of nitrogens with one attached hydrogen (secondary N) is 2. The summed E-state index contributed by atoms with van der Waals surface area (Å²) in [6.07, 6.45) is 0.849. The van der Waals surface area contributed by atoms with Gasteiger partial charge in [0, 0.05) is 27.7 Å². The molecule has 0 atom stereocenters. The Balaban J connectivity index is 1.53. The second-order valence-electron chi connectivity index (χ2n) is 6.83. The standard InChI is InChI=1S/C23H12Cl3F2N3O3/c24-14-5-6-18(13-4-2-1-3-12(13)14)34-20-15(25)9-11(10-16(20)26)30-23(33)31-22(32)19-17(27)7-8-29-21(19)28/h1-10H,(H2,30,31,32,33). The number of carbonyl (C=O) groups is 2. The molecule has 11 heteroatoms. The molecule has 0 aliphatic rings. The van der Waals surface area contributed by atoms with Gasteiger partial charge < -0.3 is 10.1 Å². The summed E-state index contributed by atoms with van der Waals surface area (Å²) in [7, 11) is 0. The summed E-state index contributed by atoms with van der Waals surface area (Å²) in [5.41, 5.74) is -0.895. The van der Waals surface area contributed by atoms with E-state index in [0.29, 0.717) is 10.8 Å². The Kier molecular flexibility index (Phi) is 6.83. The normalized spacial score (nSPS) is 10.7. The number of nitrogens with zero attached hydrogens (tertiary/aromatic N) is 1. The van der Waals surface area contributed by atoms with Crippen molar-refractivity contribution in [2.45, 2.75) is 0 Å². The summed E-state index contributed by atoms with van der Waals surface area (Å²) in [6.45, 7) is 0. The molecule has 172 valence electrons. The lowest BCUT2D eigenvalue weighted by Crippen LogP contribution is -2.35. The molecule has 0 aliphatic carbocycles. The second kappa shape index (κ2) is 9.80. The van der Waals surface area contributed by atoms with Crippen LogP contribution in [0, 0.1) is 11.8 Å². The molecule has 0 fully saturated rings. The summed E-state index contributed by atoms with van der Waals surface area (Å²) >= 11 is 18.9. The zero-order valence-electron chi connectivity index (χ0n) is 16.8. The van der Waals surface area contributed by atoms with E-state index in [1.807, 2.05) is 24.3 Å². The first-order valence-corrected chi connectivity index (χ1v) is 10.6. The van der Waals surface area contributed by atoms with Gasteiger partial charge in [-0.3, -0.25) is 10.1 Å². The Morgan fingerprint density at radius 3 is 2.24 bits per heavy atom. The van der Waals surface area contributed by atoms with E-state index in [1.165, 1.54) is 12.1 Å². The van der Waals surface area contributed by atoms with Crippen LogP contribution in [0.3, 0.4) is 0 Å².